The average molecular weight is 141 g/mol. The molecular weight excluding hydrogens is 126 g/mol. The van der Waals surface area contributed by atoms with Crippen LogP contribution in [0.1, 0.15) is 12.8 Å². The number of nitrogens with zero attached hydrogens (tertiary/aromatic N) is 1. The van der Waals surface area contributed by atoms with E-state index in [0.717, 1.165) is 12.0 Å². The number of rotatable bonds is 1. The van der Waals surface area contributed by atoms with Crippen molar-refractivity contribution in [3.8, 4) is 0 Å². The van der Waals surface area contributed by atoms with Gasteiger partial charge < -0.3 is 9.64 Å². The van der Waals surface area contributed by atoms with E-state index in [0.29, 0.717) is 6.10 Å². The number of hydrogen-bond acceptors (Lipinski definition) is 2. The van der Waals surface area contributed by atoms with E-state index < -0.39 is 0 Å². The van der Waals surface area contributed by atoms with Gasteiger partial charge in [0.15, 0.2) is 0 Å². The summed E-state index contributed by atoms with van der Waals surface area (Å²) < 4.78 is 5.33. The summed E-state index contributed by atoms with van der Waals surface area (Å²) in [7, 11) is 4.03. The third kappa shape index (κ3) is 0.722. The van der Waals surface area contributed by atoms with Crippen molar-refractivity contribution in [1.82, 2.24) is 4.90 Å². The molecule has 1 aliphatic heterocycles. The summed E-state index contributed by atoms with van der Waals surface area (Å²) in [5.41, 5.74) is 0. The van der Waals surface area contributed by atoms with Crippen LogP contribution in [-0.2, 0) is 4.74 Å². The Bertz CT molecular complexity index is 131. The highest BCUT2D eigenvalue weighted by Gasteiger charge is 2.47. The van der Waals surface area contributed by atoms with E-state index >= 15 is 0 Å². The summed E-state index contributed by atoms with van der Waals surface area (Å²) in [5.74, 6) is 0.954. The second kappa shape index (κ2) is 2.21. The molecule has 10 heavy (non-hydrogen) atoms. The van der Waals surface area contributed by atoms with Crippen LogP contribution < -0.4 is 0 Å². The van der Waals surface area contributed by atoms with Gasteiger partial charge in [0.1, 0.15) is 0 Å². The predicted octanol–water partition coefficient (Wildman–Crippen LogP) is 0.725. The van der Waals surface area contributed by atoms with Crippen molar-refractivity contribution in [3.63, 3.8) is 0 Å². The van der Waals surface area contributed by atoms with E-state index in [1.165, 1.54) is 19.4 Å². The van der Waals surface area contributed by atoms with E-state index in [2.05, 4.69) is 11.9 Å². The van der Waals surface area contributed by atoms with Crippen LogP contribution in [0.5, 0.6) is 0 Å². The highest BCUT2D eigenvalue weighted by atomic mass is 16.5. The molecule has 2 aliphatic rings. The van der Waals surface area contributed by atoms with Crippen LogP contribution in [0.15, 0.2) is 0 Å². The maximum Gasteiger partial charge on any atom is 0.0732 e. The van der Waals surface area contributed by atoms with Crippen molar-refractivity contribution in [3.05, 3.63) is 0 Å². The molecule has 0 aromatic rings. The van der Waals surface area contributed by atoms with Gasteiger partial charge in [-0.05, 0) is 32.4 Å². The minimum absolute atomic E-state index is 0.539. The van der Waals surface area contributed by atoms with Crippen LogP contribution in [-0.4, -0.2) is 37.7 Å². The number of likely N-dealkylation sites (tertiary alicyclic amines) is 1. The molecule has 0 amide bonds. The lowest BCUT2D eigenvalue weighted by molar-refractivity contribution is -0.0505. The number of hydrogen-bond donors (Lipinski definition) is 0. The molecule has 2 nitrogen and oxygen atoms in total. The summed E-state index contributed by atoms with van der Waals surface area (Å²) in [4.78, 5) is 2.43. The van der Waals surface area contributed by atoms with Crippen molar-refractivity contribution in [2.24, 2.45) is 5.92 Å². The van der Waals surface area contributed by atoms with Crippen molar-refractivity contribution in [2.75, 3.05) is 20.7 Å². The second-order valence-electron chi connectivity index (χ2n) is 3.53. The standard InChI is InChI=1S/C8H15NO/c1-9-4-3-6-5-7(10-2)8(6)9/h6-8H,3-5H2,1-2H3/t6-,7?,8-/m1/s1. The Morgan fingerprint density at radius 3 is 2.90 bits per heavy atom. The summed E-state index contributed by atoms with van der Waals surface area (Å²) in [5, 5.41) is 0. The molecule has 1 saturated carbocycles. The maximum absolute atomic E-state index is 5.33. The molecule has 2 rings (SSSR count). The third-order valence-electron chi connectivity index (χ3n) is 3.06. The zero-order valence-corrected chi connectivity index (χ0v) is 6.71. The van der Waals surface area contributed by atoms with Crippen molar-refractivity contribution in [2.45, 2.75) is 25.0 Å². The Morgan fingerprint density at radius 1 is 1.50 bits per heavy atom. The number of methoxy groups -OCH3 is 1. The Hall–Kier alpha value is -0.0800. The topological polar surface area (TPSA) is 12.5 Å². The number of likely N-dealkylation sites (N-methyl/N-ethyl adjacent to an activating group) is 1. The summed E-state index contributed by atoms with van der Waals surface area (Å²) >= 11 is 0. The first kappa shape index (κ1) is 6.62. The molecule has 1 heterocycles. The average Bonchev–Trinajstić information content (AvgIpc) is 2.09. The van der Waals surface area contributed by atoms with Crippen LogP contribution in [0.2, 0.25) is 0 Å². The van der Waals surface area contributed by atoms with Crippen LogP contribution in [0.4, 0.5) is 0 Å². The van der Waals surface area contributed by atoms with Gasteiger partial charge in [-0.2, -0.15) is 0 Å². The first-order valence-electron chi connectivity index (χ1n) is 4.06. The van der Waals surface area contributed by atoms with Crippen LogP contribution >= 0.6 is 0 Å². The molecule has 1 saturated heterocycles. The quantitative estimate of drug-likeness (QED) is 0.533. The lowest BCUT2D eigenvalue weighted by Gasteiger charge is -2.42. The summed E-state index contributed by atoms with van der Waals surface area (Å²) in [6.45, 7) is 1.27. The fourth-order valence-electron chi connectivity index (χ4n) is 2.37. The van der Waals surface area contributed by atoms with Gasteiger partial charge in [0, 0.05) is 13.2 Å². The zero-order chi connectivity index (χ0) is 7.14. The minimum Gasteiger partial charge on any atom is -0.380 e. The van der Waals surface area contributed by atoms with E-state index in [1.54, 1.807) is 0 Å². The highest BCUT2D eigenvalue weighted by Crippen LogP contribution is 2.40. The lowest BCUT2D eigenvalue weighted by Crippen LogP contribution is -2.51. The highest BCUT2D eigenvalue weighted by molar-refractivity contribution is 5.00. The van der Waals surface area contributed by atoms with Crippen molar-refractivity contribution < 1.29 is 4.74 Å². The van der Waals surface area contributed by atoms with Crippen molar-refractivity contribution in [1.29, 1.82) is 0 Å². The van der Waals surface area contributed by atoms with Gasteiger partial charge in [0.05, 0.1) is 6.10 Å². The van der Waals surface area contributed by atoms with E-state index in [-0.39, 0.29) is 0 Å². The number of ether oxygens (including phenoxy) is 1. The molecule has 1 aliphatic carbocycles. The number of fused-ring (bicyclic) bond motifs is 1. The molecule has 58 valence electrons. The SMILES string of the molecule is COC1C[C@H]2CCN(C)[C@@H]12. The molecule has 2 fully saturated rings. The second-order valence-corrected chi connectivity index (χ2v) is 3.53. The predicted molar refractivity (Wildman–Crippen MR) is 39.9 cm³/mol. The molecule has 0 aromatic heterocycles. The van der Waals surface area contributed by atoms with E-state index in [4.69, 9.17) is 4.74 Å². The third-order valence-corrected chi connectivity index (χ3v) is 3.06. The largest absolute Gasteiger partial charge is 0.380 e. The first-order chi connectivity index (χ1) is 4.83. The first-order valence-corrected chi connectivity index (χ1v) is 4.06. The smallest absolute Gasteiger partial charge is 0.0732 e. The molecule has 0 spiro atoms. The Labute approximate surface area is 62.2 Å². The van der Waals surface area contributed by atoms with Gasteiger partial charge in [-0.3, -0.25) is 0 Å². The molecule has 0 N–H and O–H groups in total. The van der Waals surface area contributed by atoms with Crippen LogP contribution in [0.25, 0.3) is 0 Å². The molecular formula is C8H15NO. The van der Waals surface area contributed by atoms with Crippen LogP contribution in [0, 0.1) is 5.92 Å². The van der Waals surface area contributed by atoms with Gasteiger partial charge >= 0.3 is 0 Å². The fraction of sp³-hybridized carbons (Fsp3) is 1.00. The van der Waals surface area contributed by atoms with Crippen LogP contribution in [0.3, 0.4) is 0 Å². The molecule has 0 bridgehead atoms. The summed E-state index contributed by atoms with van der Waals surface area (Å²) in [6, 6.07) is 0.755. The summed E-state index contributed by atoms with van der Waals surface area (Å²) in [6.07, 6.45) is 3.23. The molecule has 2 heteroatoms. The minimum atomic E-state index is 0.539. The Balaban J connectivity index is 1.99. The maximum atomic E-state index is 5.33. The fourth-order valence-corrected chi connectivity index (χ4v) is 2.37. The molecule has 0 radical (unpaired) electrons. The van der Waals surface area contributed by atoms with Gasteiger partial charge in [0.25, 0.3) is 0 Å². The molecule has 3 atom stereocenters. The normalized spacial score (nSPS) is 46.8. The zero-order valence-electron chi connectivity index (χ0n) is 6.71. The van der Waals surface area contributed by atoms with Crippen molar-refractivity contribution >= 4 is 0 Å². The van der Waals surface area contributed by atoms with Gasteiger partial charge in [-0.25, -0.2) is 0 Å². The Morgan fingerprint density at radius 2 is 2.30 bits per heavy atom. The molecule has 1 unspecified atom stereocenters. The van der Waals surface area contributed by atoms with Gasteiger partial charge in [0.2, 0.25) is 0 Å². The van der Waals surface area contributed by atoms with E-state index in [9.17, 15) is 0 Å². The monoisotopic (exact) mass is 141 g/mol. The Kier molecular flexibility index (Phi) is 1.46. The van der Waals surface area contributed by atoms with E-state index in [1.807, 2.05) is 7.11 Å². The van der Waals surface area contributed by atoms with Gasteiger partial charge in [-0.1, -0.05) is 0 Å². The lowest BCUT2D eigenvalue weighted by atomic mass is 9.77. The van der Waals surface area contributed by atoms with Gasteiger partial charge in [-0.15, -0.1) is 0 Å². The molecule has 0 aromatic carbocycles.